The Hall–Kier alpha value is -0.120. The first-order chi connectivity index (χ1) is 9.16. The third-order valence-corrected chi connectivity index (χ3v) is 4.69. The molecule has 0 aliphatic carbocycles. The molecule has 0 aromatic heterocycles. The highest BCUT2D eigenvalue weighted by molar-refractivity contribution is 4.90. The summed E-state index contributed by atoms with van der Waals surface area (Å²) in [6, 6.07) is 0. The van der Waals surface area contributed by atoms with Gasteiger partial charge in [-0.1, -0.05) is 32.6 Å². The SMILES string of the molecule is CCCCCCC(C)(CN)N1CCCC(COC)C1. The summed E-state index contributed by atoms with van der Waals surface area (Å²) >= 11 is 0. The molecule has 0 radical (unpaired) electrons. The molecule has 114 valence electrons. The van der Waals surface area contributed by atoms with Gasteiger partial charge in [0, 0.05) is 25.7 Å². The van der Waals surface area contributed by atoms with Crippen LogP contribution in [0.25, 0.3) is 0 Å². The minimum atomic E-state index is 0.195. The summed E-state index contributed by atoms with van der Waals surface area (Å²) < 4.78 is 5.33. The Morgan fingerprint density at radius 3 is 2.74 bits per heavy atom. The van der Waals surface area contributed by atoms with Gasteiger partial charge in [0.1, 0.15) is 0 Å². The number of nitrogens with zero attached hydrogens (tertiary/aromatic N) is 1. The molecule has 2 atom stereocenters. The molecule has 2 unspecified atom stereocenters. The summed E-state index contributed by atoms with van der Waals surface area (Å²) in [5.74, 6) is 0.695. The lowest BCUT2D eigenvalue weighted by Crippen LogP contribution is -2.55. The molecule has 1 aliphatic rings. The summed E-state index contributed by atoms with van der Waals surface area (Å²) in [4.78, 5) is 2.63. The van der Waals surface area contributed by atoms with Crippen LogP contribution in [-0.2, 0) is 4.74 Å². The molecule has 0 aromatic carbocycles. The minimum absolute atomic E-state index is 0.195. The number of ether oxygens (including phenoxy) is 1. The van der Waals surface area contributed by atoms with Crippen LogP contribution >= 0.6 is 0 Å². The van der Waals surface area contributed by atoms with Crippen LogP contribution in [0.3, 0.4) is 0 Å². The van der Waals surface area contributed by atoms with E-state index in [1.54, 1.807) is 0 Å². The van der Waals surface area contributed by atoms with Gasteiger partial charge in [0.25, 0.3) is 0 Å². The van der Waals surface area contributed by atoms with Crippen molar-refractivity contribution in [2.45, 2.75) is 64.3 Å². The number of likely N-dealkylation sites (tertiary alicyclic amines) is 1. The molecule has 0 saturated carbocycles. The zero-order valence-corrected chi connectivity index (χ0v) is 13.3. The average molecular weight is 270 g/mol. The van der Waals surface area contributed by atoms with E-state index in [0.29, 0.717) is 5.92 Å². The summed E-state index contributed by atoms with van der Waals surface area (Å²) in [6.07, 6.45) is 9.16. The Balaban J connectivity index is 2.46. The van der Waals surface area contributed by atoms with E-state index in [4.69, 9.17) is 10.5 Å². The molecule has 1 rings (SSSR count). The van der Waals surface area contributed by atoms with E-state index in [1.165, 1.54) is 51.5 Å². The predicted molar refractivity (Wildman–Crippen MR) is 82.4 cm³/mol. The predicted octanol–water partition coefficient (Wildman–Crippen LogP) is 3.03. The Labute approximate surface area is 119 Å². The summed E-state index contributed by atoms with van der Waals surface area (Å²) in [7, 11) is 1.81. The molecule has 3 heteroatoms. The lowest BCUT2D eigenvalue weighted by Gasteiger charge is -2.45. The van der Waals surface area contributed by atoms with E-state index >= 15 is 0 Å². The third-order valence-electron chi connectivity index (χ3n) is 4.69. The van der Waals surface area contributed by atoms with Gasteiger partial charge < -0.3 is 10.5 Å². The molecule has 0 aromatic rings. The van der Waals surface area contributed by atoms with Crippen LogP contribution in [0.15, 0.2) is 0 Å². The molecule has 1 saturated heterocycles. The van der Waals surface area contributed by atoms with Crippen LogP contribution < -0.4 is 5.73 Å². The van der Waals surface area contributed by atoms with Crippen molar-refractivity contribution in [1.82, 2.24) is 4.90 Å². The first-order valence-electron chi connectivity index (χ1n) is 8.10. The smallest absolute Gasteiger partial charge is 0.0502 e. The number of hydrogen-bond acceptors (Lipinski definition) is 3. The van der Waals surface area contributed by atoms with Crippen LogP contribution in [-0.4, -0.2) is 43.8 Å². The topological polar surface area (TPSA) is 38.5 Å². The molecule has 0 amide bonds. The van der Waals surface area contributed by atoms with Crippen molar-refractivity contribution in [2.75, 3.05) is 33.4 Å². The Morgan fingerprint density at radius 1 is 1.32 bits per heavy atom. The van der Waals surface area contributed by atoms with Gasteiger partial charge in [-0.05, 0) is 38.6 Å². The molecule has 1 fully saturated rings. The third kappa shape index (κ3) is 5.41. The maximum atomic E-state index is 6.10. The summed E-state index contributed by atoms with van der Waals surface area (Å²) in [5, 5.41) is 0. The first kappa shape index (κ1) is 16.9. The molecule has 19 heavy (non-hydrogen) atoms. The molecular weight excluding hydrogens is 236 g/mol. The van der Waals surface area contributed by atoms with Crippen molar-refractivity contribution in [3.63, 3.8) is 0 Å². The lowest BCUT2D eigenvalue weighted by atomic mass is 9.87. The highest BCUT2D eigenvalue weighted by Crippen LogP contribution is 2.28. The van der Waals surface area contributed by atoms with Crippen LogP contribution in [0.4, 0.5) is 0 Å². The number of piperidine rings is 1. The fraction of sp³-hybridized carbons (Fsp3) is 1.00. The van der Waals surface area contributed by atoms with Crippen molar-refractivity contribution < 1.29 is 4.74 Å². The maximum absolute atomic E-state index is 6.10. The molecule has 1 aliphatic heterocycles. The fourth-order valence-electron chi connectivity index (χ4n) is 3.25. The van der Waals surface area contributed by atoms with E-state index < -0.39 is 0 Å². The molecule has 1 heterocycles. The zero-order chi connectivity index (χ0) is 14.1. The standard InChI is InChI=1S/C16H34N2O/c1-4-5-6-7-10-16(2,14-17)18-11-8-9-15(12-18)13-19-3/h15H,4-14,17H2,1-3H3. The summed E-state index contributed by atoms with van der Waals surface area (Å²) in [6.45, 7) is 8.67. The van der Waals surface area contributed by atoms with Crippen LogP contribution in [0.1, 0.15) is 58.8 Å². The first-order valence-corrected chi connectivity index (χ1v) is 8.10. The van der Waals surface area contributed by atoms with E-state index in [0.717, 1.165) is 19.7 Å². The van der Waals surface area contributed by atoms with Gasteiger partial charge in [0.15, 0.2) is 0 Å². The van der Waals surface area contributed by atoms with Crippen molar-refractivity contribution in [3.8, 4) is 0 Å². The van der Waals surface area contributed by atoms with Crippen LogP contribution in [0.5, 0.6) is 0 Å². The van der Waals surface area contributed by atoms with Crippen molar-refractivity contribution in [2.24, 2.45) is 11.7 Å². The fourth-order valence-corrected chi connectivity index (χ4v) is 3.25. The normalized spacial score (nSPS) is 24.3. The van der Waals surface area contributed by atoms with Gasteiger partial charge in [-0.2, -0.15) is 0 Å². The quantitative estimate of drug-likeness (QED) is 0.655. The van der Waals surface area contributed by atoms with Crippen molar-refractivity contribution in [1.29, 1.82) is 0 Å². The van der Waals surface area contributed by atoms with Gasteiger partial charge in [-0.3, -0.25) is 4.90 Å². The van der Waals surface area contributed by atoms with Gasteiger partial charge in [-0.25, -0.2) is 0 Å². The molecule has 0 spiro atoms. The van der Waals surface area contributed by atoms with Gasteiger partial charge in [-0.15, -0.1) is 0 Å². The summed E-state index contributed by atoms with van der Waals surface area (Å²) in [5.41, 5.74) is 6.29. The zero-order valence-electron chi connectivity index (χ0n) is 13.3. The second-order valence-corrected chi connectivity index (χ2v) is 6.42. The van der Waals surface area contributed by atoms with Gasteiger partial charge >= 0.3 is 0 Å². The number of rotatable bonds is 9. The van der Waals surface area contributed by atoms with E-state index in [-0.39, 0.29) is 5.54 Å². The second-order valence-electron chi connectivity index (χ2n) is 6.42. The second kappa shape index (κ2) is 8.93. The number of unbranched alkanes of at least 4 members (excludes halogenated alkanes) is 3. The largest absolute Gasteiger partial charge is 0.384 e. The van der Waals surface area contributed by atoms with Gasteiger partial charge in [0.2, 0.25) is 0 Å². The highest BCUT2D eigenvalue weighted by atomic mass is 16.5. The molecule has 3 nitrogen and oxygen atoms in total. The van der Waals surface area contributed by atoms with Crippen molar-refractivity contribution in [3.05, 3.63) is 0 Å². The van der Waals surface area contributed by atoms with Crippen molar-refractivity contribution >= 4 is 0 Å². The Kier molecular flexibility index (Phi) is 7.96. The Bertz CT molecular complexity index is 233. The van der Waals surface area contributed by atoms with Gasteiger partial charge in [0.05, 0.1) is 6.61 Å². The number of methoxy groups -OCH3 is 1. The van der Waals surface area contributed by atoms with E-state index in [1.807, 2.05) is 7.11 Å². The minimum Gasteiger partial charge on any atom is -0.384 e. The maximum Gasteiger partial charge on any atom is 0.0502 e. The van der Waals surface area contributed by atoms with Crippen LogP contribution in [0.2, 0.25) is 0 Å². The van der Waals surface area contributed by atoms with E-state index in [2.05, 4.69) is 18.7 Å². The van der Waals surface area contributed by atoms with E-state index in [9.17, 15) is 0 Å². The average Bonchev–Trinajstić information content (AvgIpc) is 2.44. The molecular formula is C16H34N2O. The molecule has 0 bridgehead atoms. The van der Waals surface area contributed by atoms with Crippen LogP contribution in [0, 0.1) is 5.92 Å². The number of nitrogens with two attached hydrogens (primary N) is 1. The lowest BCUT2D eigenvalue weighted by molar-refractivity contribution is 0.0254. The Morgan fingerprint density at radius 2 is 2.11 bits per heavy atom. The molecule has 2 N–H and O–H groups in total. The highest BCUT2D eigenvalue weighted by Gasteiger charge is 2.33. The number of hydrogen-bond donors (Lipinski definition) is 1. The monoisotopic (exact) mass is 270 g/mol.